The van der Waals surface area contributed by atoms with Crippen LogP contribution in [0.25, 0.3) is 5.65 Å². The highest BCUT2D eigenvalue weighted by molar-refractivity contribution is 7.90. The summed E-state index contributed by atoms with van der Waals surface area (Å²) in [4.78, 5) is 17.4. The molecule has 0 radical (unpaired) electrons. The normalized spacial score (nSPS) is 19.3. The molecule has 2 aromatic rings. The highest BCUT2D eigenvalue weighted by Gasteiger charge is 2.40. The molecule has 1 fully saturated rings. The molecule has 11 heteroatoms. The summed E-state index contributed by atoms with van der Waals surface area (Å²) in [5, 5.41) is 7.34. The van der Waals surface area contributed by atoms with Gasteiger partial charge in [0.25, 0.3) is 0 Å². The van der Waals surface area contributed by atoms with Crippen molar-refractivity contribution in [1.82, 2.24) is 24.6 Å². The van der Waals surface area contributed by atoms with E-state index in [0.29, 0.717) is 11.3 Å². The van der Waals surface area contributed by atoms with E-state index in [1.54, 1.807) is 37.7 Å². The largest absolute Gasteiger partial charge is 0.598 e. The van der Waals surface area contributed by atoms with Gasteiger partial charge in [0.1, 0.15) is 10.3 Å². The summed E-state index contributed by atoms with van der Waals surface area (Å²) >= 11 is -1.34. The van der Waals surface area contributed by atoms with Crippen molar-refractivity contribution < 1.29 is 22.9 Å². The number of rotatable bonds is 7. The van der Waals surface area contributed by atoms with Gasteiger partial charge in [-0.3, -0.25) is 0 Å². The Hall–Kier alpha value is -2.24. The maximum Gasteiger partial charge on any atom is 0.408 e. The minimum atomic E-state index is -2.69. The first-order valence-corrected chi connectivity index (χ1v) is 13.7. The number of carbonyl (C=O) groups is 1. The third kappa shape index (κ3) is 7.87. The molecule has 2 unspecified atom stereocenters. The smallest absolute Gasteiger partial charge is 0.408 e. The number of halogens is 2. The van der Waals surface area contributed by atoms with Gasteiger partial charge in [-0.05, 0) is 73.3 Å². The van der Waals surface area contributed by atoms with E-state index in [1.165, 1.54) is 0 Å². The Balaban J connectivity index is 1.93. The Morgan fingerprint density at radius 3 is 2.43 bits per heavy atom. The van der Waals surface area contributed by atoms with Gasteiger partial charge in [-0.1, -0.05) is 12.2 Å². The molecular weight excluding hydrogens is 500 g/mol. The number of hydrogen-bond acceptors (Lipinski definition) is 6. The van der Waals surface area contributed by atoms with Crippen LogP contribution in [-0.2, 0) is 16.1 Å². The molecule has 1 aliphatic rings. The molecular formula is C26H39F2N5O3S. The third-order valence-electron chi connectivity index (χ3n) is 6.19. The Bertz CT molecular complexity index is 1120. The molecule has 206 valence electrons. The van der Waals surface area contributed by atoms with E-state index in [-0.39, 0.29) is 31.6 Å². The standard InChI is InChI=1S/C26H39F2N5O3S/c1-16(2)21(32-37(35)25(6,7)8)18-13-20-30-19(15-33(20)29-14-18)22(31-23(34)36-24(3,4)5)17-9-11-26(27,28)12-10-17/h13-15,17,21-22,32H,1,9-12H2,2-8H3,(H,31,34)/t21?,22-,37?/m0/s1. The summed E-state index contributed by atoms with van der Waals surface area (Å²) in [5.41, 5.74) is 1.83. The summed E-state index contributed by atoms with van der Waals surface area (Å²) in [6.45, 7) is 16.8. The van der Waals surface area contributed by atoms with Crippen molar-refractivity contribution in [3.8, 4) is 0 Å². The van der Waals surface area contributed by atoms with Gasteiger partial charge in [-0.25, -0.2) is 23.1 Å². The zero-order valence-corrected chi connectivity index (χ0v) is 23.5. The molecule has 2 N–H and O–H groups in total. The van der Waals surface area contributed by atoms with E-state index in [0.717, 1.165) is 11.1 Å². The summed E-state index contributed by atoms with van der Waals surface area (Å²) in [6.07, 6.45) is 2.75. The molecule has 3 rings (SSSR count). The lowest BCUT2D eigenvalue weighted by Crippen LogP contribution is -2.41. The van der Waals surface area contributed by atoms with Gasteiger partial charge < -0.3 is 14.6 Å². The predicted molar refractivity (Wildman–Crippen MR) is 141 cm³/mol. The Labute approximate surface area is 220 Å². The lowest BCUT2D eigenvalue weighted by atomic mass is 9.81. The molecule has 8 nitrogen and oxygen atoms in total. The second kappa shape index (κ2) is 10.9. The van der Waals surface area contributed by atoms with Gasteiger partial charge in [0.15, 0.2) is 5.65 Å². The zero-order chi connectivity index (χ0) is 27.8. The van der Waals surface area contributed by atoms with Crippen LogP contribution < -0.4 is 10.0 Å². The molecule has 1 amide bonds. The number of alkyl carbamates (subject to hydrolysis) is 1. The lowest BCUT2D eigenvalue weighted by Gasteiger charge is -2.33. The van der Waals surface area contributed by atoms with Crippen molar-refractivity contribution in [2.75, 3.05) is 0 Å². The van der Waals surface area contributed by atoms with Gasteiger partial charge in [0, 0.05) is 29.8 Å². The first-order valence-electron chi connectivity index (χ1n) is 12.5. The maximum absolute atomic E-state index is 13.9. The molecule has 0 aliphatic heterocycles. The molecule has 0 aromatic carbocycles. The third-order valence-corrected chi connectivity index (χ3v) is 7.75. The van der Waals surface area contributed by atoms with Crippen LogP contribution in [0.4, 0.5) is 13.6 Å². The fraction of sp³-hybridized carbons (Fsp3) is 0.654. The van der Waals surface area contributed by atoms with Crippen LogP contribution in [0.2, 0.25) is 0 Å². The molecule has 0 saturated heterocycles. The fourth-order valence-electron chi connectivity index (χ4n) is 4.22. The van der Waals surface area contributed by atoms with Crippen LogP contribution in [0.15, 0.2) is 30.6 Å². The molecule has 2 aromatic heterocycles. The minimum absolute atomic E-state index is 0.226. The molecule has 1 saturated carbocycles. The van der Waals surface area contributed by atoms with E-state index in [2.05, 4.69) is 21.7 Å². The fourth-order valence-corrected chi connectivity index (χ4v) is 5.12. The topological polar surface area (TPSA) is 104 Å². The van der Waals surface area contributed by atoms with Gasteiger partial charge in [-0.15, -0.1) is 4.72 Å². The first-order chi connectivity index (χ1) is 16.9. The van der Waals surface area contributed by atoms with Crippen molar-refractivity contribution in [3.63, 3.8) is 0 Å². The maximum atomic E-state index is 13.9. The number of fused-ring (bicyclic) bond motifs is 1. The monoisotopic (exact) mass is 539 g/mol. The van der Waals surface area contributed by atoms with Crippen LogP contribution >= 0.6 is 0 Å². The highest BCUT2D eigenvalue weighted by Crippen LogP contribution is 2.41. The van der Waals surface area contributed by atoms with Gasteiger partial charge >= 0.3 is 6.09 Å². The Morgan fingerprint density at radius 2 is 1.89 bits per heavy atom. The lowest BCUT2D eigenvalue weighted by molar-refractivity contribution is -0.0500. The average molecular weight is 540 g/mol. The van der Waals surface area contributed by atoms with Crippen LogP contribution in [0.5, 0.6) is 0 Å². The van der Waals surface area contributed by atoms with Crippen molar-refractivity contribution in [2.24, 2.45) is 5.92 Å². The van der Waals surface area contributed by atoms with Crippen molar-refractivity contribution >= 4 is 23.1 Å². The molecule has 0 bridgehead atoms. The van der Waals surface area contributed by atoms with E-state index >= 15 is 0 Å². The second-order valence-corrected chi connectivity index (χ2v) is 13.9. The number of nitrogens with zero attached hydrogens (tertiary/aromatic N) is 3. The minimum Gasteiger partial charge on any atom is -0.598 e. The van der Waals surface area contributed by atoms with Crippen LogP contribution in [0.1, 0.15) is 97.5 Å². The summed E-state index contributed by atoms with van der Waals surface area (Å²) in [5.74, 6) is -2.92. The number of imidazole rings is 1. The molecule has 0 spiro atoms. The van der Waals surface area contributed by atoms with Crippen molar-refractivity contribution in [3.05, 3.63) is 41.9 Å². The molecule has 2 heterocycles. The molecule has 37 heavy (non-hydrogen) atoms. The van der Waals surface area contributed by atoms with Crippen LogP contribution in [0.3, 0.4) is 0 Å². The number of aromatic nitrogens is 3. The van der Waals surface area contributed by atoms with Gasteiger partial charge in [-0.2, -0.15) is 5.10 Å². The van der Waals surface area contributed by atoms with Gasteiger partial charge in [0.05, 0.1) is 30.2 Å². The van der Waals surface area contributed by atoms with E-state index < -0.39 is 45.8 Å². The zero-order valence-electron chi connectivity index (χ0n) is 22.7. The Morgan fingerprint density at radius 1 is 1.27 bits per heavy atom. The second-order valence-electron chi connectivity index (χ2n) is 11.9. The molecule has 3 atom stereocenters. The number of nitrogens with one attached hydrogen (secondary N) is 2. The average Bonchev–Trinajstić information content (AvgIpc) is 3.16. The van der Waals surface area contributed by atoms with E-state index in [1.807, 2.05) is 33.8 Å². The number of carbonyl (C=O) groups excluding carboxylic acids is 1. The Kier molecular flexibility index (Phi) is 8.61. The SMILES string of the molecule is C=C(C)C(N[S+]([O-])C(C)(C)C)c1cnn2cc([C@@H](NC(=O)OC(C)(C)C)C3CCC(F)(F)CC3)nc2c1. The highest BCUT2D eigenvalue weighted by atomic mass is 32.2. The summed E-state index contributed by atoms with van der Waals surface area (Å²) in [7, 11) is 0. The van der Waals surface area contributed by atoms with Crippen LogP contribution in [-0.4, -0.2) is 41.5 Å². The van der Waals surface area contributed by atoms with Crippen LogP contribution in [0, 0.1) is 5.92 Å². The van der Waals surface area contributed by atoms with E-state index in [9.17, 15) is 18.1 Å². The summed E-state index contributed by atoms with van der Waals surface area (Å²) < 4.78 is 50.2. The number of hydrogen-bond donors (Lipinski definition) is 2. The van der Waals surface area contributed by atoms with Gasteiger partial charge in [0.2, 0.25) is 5.92 Å². The summed E-state index contributed by atoms with van der Waals surface area (Å²) in [6, 6.07) is 0.802. The number of amides is 1. The predicted octanol–water partition coefficient (Wildman–Crippen LogP) is 5.79. The number of ether oxygens (including phenoxy) is 1. The van der Waals surface area contributed by atoms with E-state index in [4.69, 9.17) is 9.72 Å². The van der Waals surface area contributed by atoms with Crippen molar-refractivity contribution in [2.45, 2.75) is 103 Å². The first kappa shape index (κ1) is 29.3. The molecule has 1 aliphatic carbocycles. The van der Waals surface area contributed by atoms with Crippen molar-refractivity contribution in [1.29, 1.82) is 0 Å². The number of alkyl halides is 2. The quantitative estimate of drug-likeness (QED) is 0.341.